The van der Waals surface area contributed by atoms with Gasteiger partial charge in [0, 0.05) is 17.6 Å². The van der Waals surface area contributed by atoms with Gasteiger partial charge < -0.3 is 4.74 Å². The van der Waals surface area contributed by atoms with E-state index in [2.05, 4.69) is 0 Å². The van der Waals surface area contributed by atoms with Crippen molar-refractivity contribution in [1.29, 1.82) is 0 Å². The fourth-order valence-corrected chi connectivity index (χ4v) is 5.43. The van der Waals surface area contributed by atoms with Crippen LogP contribution in [0.15, 0.2) is 29.2 Å². The molecule has 0 aliphatic carbocycles. The molecule has 1 aromatic carbocycles. The number of benzene rings is 1. The van der Waals surface area contributed by atoms with Crippen LogP contribution in [0.5, 0.6) is 5.75 Å². The number of rotatable bonds is 2. The van der Waals surface area contributed by atoms with Gasteiger partial charge in [-0.1, -0.05) is 12.5 Å². The van der Waals surface area contributed by atoms with E-state index in [9.17, 15) is 8.42 Å². The van der Waals surface area contributed by atoms with Crippen LogP contribution in [0.1, 0.15) is 52.5 Å². The van der Waals surface area contributed by atoms with Crippen molar-refractivity contribution < 1.29 is 13.2 Å². The van der Waals surface area contributed by atoms with Gasteiger partial charge >= 0.3 is 0 Å². The summed E-state index contributed by atoms with van der Waals surface area (Å²) in [4.78, 5) is 0.352. The summed E-state index contributed by atoms with van der Waals surface area (Å²) in [7, 11) is -3.48. The Kier molecular flexibility index (Phi) is 4.05. The average molecular weight is 335 g/mol. The van der Waals surface area contributed by atoms with Gasteiger partial charge in [0.05, 0.1) is 4.90 Å². The third-order valence-electron chi connectivity index (χ3n) is 4.71. The Morgan fingerprint density at radius 1 is 1.17 bits per heavy atom. The number of hydrogen-bond acceptors (Lipinski definition) is 3. The molecule has 126 valence electrons. The number of hydrogen-bond donors (Lipinski definition) is 0. The van der Waals surface area contributed by atoms with Crippen LogP contribution >= 0.6 is 0 Å². The van der Waals surface area contributed by atoms with Gasteiger partial charge in [-0.25, -0.2) is 8.42 Å². The van der Waals surface area contributed by atoms with Crippen LogP contribution in [0.25, 0.3) is 6.08 Å². The molecular weight excluding hydrogens is 310 g/mol. The first-order valence-corrected chi connectivity index (χ1v) is 9.70. The van der Waals surface area contributed by atoms with Gasteiger partial charge in [0.1, 0.15) is 11.4 Å². The molecule has 1 aromatic rings. The van der Waals surface area contributed by atoms with Crippen molar-refractivity contribution in [1.82, 2.24) is 4.31 Å². The SMILES string of the molecule is C[C@@H]1CCC[C@H](C)N1S(=O)(=O)c1ccc2c(c1)C=CC(C)(C)O2. The van der Waals surface area contributed by atoms with Crippen molar-refractivity contribution in [3.63, 3.8) is 0 Å². The van der Waals surface area contributed by atoms with Crippen LogP contribution in [0.3, 0.4) is 0 Å². The minimum atomic E-state index is -3.48. The van der Waals surface area contributed by atoms with Gasteiger partial charge in [-0.15, -0.1) is 0 Å². The topological polar surface area (TPSA) is 46.6 Å². The van der Waals surface area contributed by atoms with Gasteiger partial charge in [0.25, 0.3) is 0 Å². The van der Waals surface area contributed by atoms with E-state index >= 15 is 0 Å². The van der Waals surface area contributed by atoms with Gasteiger partial charge in [-0.3, -0.25) is 0 Å². The first-order valence-electron chi connectivity index (χ1n) is 8.26. The van der Waals surface area contributed by atoms with E-state index in [1.807, 2.05) is 39.8 Å². The molecule has 5 heteroatoms. The Hall–Kier alpha value is -1.33. The lowest BCUT2D eigenvalue weighted by Crippen LogP contribution is -2.47. The first kappa shape index (κ1) is 16.5. The molecule has 0 radical (unpaired) electrons. The van der Waals surface area contributed by atoms with Gasteiger partial charge in [0.15, 0.2) is 0 Å². The summed E-state index contributed by atoms with van der Waals surface area (Å²) in [5.74, 6) is 0.733. The van der Waals surface area contributed by atoms with Crippen molar-refractivity contribution in [2.24, 2.45) is 0 Å². The number of sulfonamides is 1. The second-order valence-corrected chi connectivity index (χ2v) is 9.05. The Labute approximate surface area is 139 Å². The first-order chi connectivity index (χ1) is 10.7. The van der Waals surface area contributed by atoms with Crippen LogP contribution < -0.4 is 4.74 Å². The summed E-state index contributed by atoms with van der Waals surface area (Å²) < 4.78 is 33.7. The van der Waals surface area contributed by atoms with Crippen molar-refractivity contribution in [3.8, 4) is 5.75 Å². The molecule has 0 N–H and O–H groups in total. The molecule has 0 bridgehead atoms. The maximum atomic E-state index is 13.1. The van der Waals surface area contributed by atoms with E-state index in [-0.39, 0.29) is 17.7 Å². The lowest BCUT2D eigenvalue weighted by atomic mass is 10.0. The monoisotopic (exact) mass is 335 g/mol. The molecule has 0 unspecified atom stereocenters. The fourth-order valence-electron chi connectivity index (χ4n) is 3.51. The number of ether oxygens (including phenoxy) is 1. The standard InChI is InChI=1S/C18H25NO3S/c1-13-6-5-7-14(2)19(13)23(20,21)16-8-9-17-15(12-16)10-11-18(3,4)22-17/h8-14H,5-7H2,1-4H3/t13-,14+. The van der Waals surface area contributed by atoms with Gasteiger partial charge in [-0.05, 0) is 64.8 Å². The van der Waals surface area contributed by atoms with E-state index in [0.717, 1.165) is 30.6 Å². The molecule has 4 nitrogen and oxygen atoms in total. The van der Waals surface area contributed by atoms with Gasteiger partial charge in [0.2, 0.25) is 10.0 Å². The minimum absolute atomic E-state index is 0.0468. The summed E-state index contributed by atoms with van der Waals surface area (Å²) in [6, 6.07) is 5.25. The third kappa shape index (κ3) is 3.04. The largest absolute Gasteiger partial charge is 0.483 e. The fraction of sp³-hybridized carbons (Fsp3) is 0.556. The number of nitrogens with zero attached hydrogens (tertiary/aromatic N) is 1. The van der Waals surface area contributed by atoms with E-state index < -0.39 is 10.0 Å². The van der Waals surface area contributed by atoms with E-state index in [0.29, 0.717) is 4.90 Å². The normalized spacial score (nSPS) is 27.3. The Morgan fingerprint density at radius 3 is 2.48 bits per heavy atom. The molecular formula is C18H25NO3S. The van der Waals surface area contributed by atoms with Crippen molar-refractivity contribution in [2.45, 2.75) is 69.5 Å². The second-order valence-electron chi connectivity index (χ2n) is 7.20. The van der Waals surface area contributed by atoms with Gasteiger partial charge in [-0.2, -0.15) is 4.31 Å². The lowest BCUT2D eigenvalue weighted by Gasteiger charge is -2.37. The molecule has 1 fully saturated rings. The molecule has 2 aliphatic rings. The molecule has 0 spiro atoms. The zero-order valence-corrected chi connectivity index (χ0v) is 15.1. The summed E-state index contributed by atoms with van der Waals surface area (Å²) in [6.07, 6.45) is 6.83. The van der Waals surface area contributed by atoms with Crippen LogP contribution in [0.4, 0.5) is 0 Å². The second kappa shape index (κ2) is 5.64. The summed E-state index contributed by atoms with van der Waals surface area (Å²) in [5, 5.41) is 0. The molecule has 2 aliphatic heterocycles. The van der Waals surface area contributed by atoms with E-state index in [1.165, 1.54) is 0 Å². The Bertz CT molecular complexity index is 727. The predicted molar refractivity (Wildman–Crippen MR) is 92.0 cm³/mol. The Balaban J connectivity index is 1.98. The highest BCUT2D eigenvalue weighted by atomic mass is 32.2. The minimum Gasteiger partial charge on any atom is -0.483 e. The van der Waals surface area contributed by atoms with Crippen molar-refractivity contribution >= 4 is 16.1 Å². The Morgan fingerprint density at radius 2 is 1.83 bits per heavy atom. The molecule has 0 saturated carbocycles. The van der Waals surface area contributed by atoms with E-state index in [4.69, 9.17) is 4.74 Å². The highest BCUT2D eigenvalue weighted by Crippen LogP contribution is 2.35. The molecule has 2 heterocycles. The predicted octanol–water partition coefficient (Wildman–Crippen LogP) is 3.82. The summed E-state index contributed by atoms with van der Waals surface area (Å²) >= 11 is 0. The molecule has 2 atom stereocenters. The summed E-state index contributed by atoms with van der Waals surface area (Å²) in [5.41, 5.74) is 0.464. The lowest BCUT2D eigenvalue weighted by molar-refractivity contribution is 0.159. The van der Waals surface area contributed by atoms with Crippen LogP contribution in [-0.2, 0) is 10.0 Å². The van der Waals surface area contributed by atoms with Crippen molar-refractivity contribution in [3.05, 3.63) is 29.8 Å². The maximum absolute atomic E-state index is 13.1. The molecule has 0 amide bonds. The quantitative estimate of drug-likeness (QED) is 0.825. The van der Waals surface area contributed by atoms with Crippen LogP contribution in [0, 0.1) is 0 Å². The summed E-state index contributed by atoms with van der Waals surface area (Å²) in [6.45, 7) is 7.96. The molecule has 0 aromatic heterocycles. The van der Waals surface area contributed by atoms with E-state index in [1.54, 1.807) is 22.5 Å². The van der Waals surface area contributed by atoms with Crippen molar-refractivity contribution in [2.75, 3.05) is 0 Å². The zero-order chi connectivity index (χ0) is 16.8. The molecule has 1 saturated heterocycles. The zero-order valence-electron chi connectivity index (χ0n) is 14.2. The number of fused-ring (bicyclic) bond motifs is 1. The average Bonchev–Trinajstić information content (AvgIpc) is 2.45. The van der Waals surface area contributed by atoms with Crippen LogP contribution in [-0.4, -0.2) is 30.4 Å². The third-order valence-corrected chi connectivity index (χ3v) is 6.83. The maximum Gasteiger partial charge on any atom is 0.243 e. The van der Waals surface area contributed by atoms with Crippen LogP contribution in [0.2, 0.25) is 0 Å². The highest BCUT2D eigenvalue weighted by molar-refractivity contribution is 7.89. The molecule has 23 heavy (non-hydrogen) atoms. The number of piperidine rings is 1. The molecule has 3 rings (SSSR count). The smallest absolute Gasteiger partial charge is 0.243 e. The highest BCUT2D eigenvalue weighted by Gasteiger charge is 2.36.